The second-order valence-corrected chi connectivity index (χ2v) is 4.77. The molecule has 3 nitrogen and oxygen atoms in total. The number of hydrogen-bond acceptors (Lipinski definition) is 3. The largest absolute Gasteiger partial charge is 0.508 e. The van der Waals surface area contributed by atoms with Crippen molar-refractivity contribution < 1.29 is 9.84 Å². The molecule has 0 atom stereocenters. The van der Waals surface area contributed by atoms with Gasteiger partial charge in [0.2, 0.25) is 0 Å². The van der Waals surface area contributed by atoms with Gasteiger partial charge in [-0.3, -0.25) is 0 Å². The number of aromatic hydroxyl groups is 1. The van der Waals surface area contributed by atoms with Crippen molar-refractivity contribution in [1.82, 2.24) is 5.32 Å². The molecule has 98 valence electrons. The smallest absolute Gasteiger partial charge is 0.123 e. The lowest BCUT2D eigenvalue weighted by Gasteiger charge is -2.20. The van der Waals surface area contributed by atoms with E-state index in [1.54, 1.807) is 18.2 Å². The molecule has 0 aliphatic carbocycles. The van der Waals surface area contributed by atoms with Crippen LogP contribution < -0.4 is 10.1 Å². The van der Waals surface area contributed by atoms with Crippen LogP contribution in [-0.4, -0.2) is 11.7 Å². The van der Waals surface area contributed by atoms with Crippen molar-refractivity contribution in [3.63, 3.8) is 0 Å². The van der Waals surface area contributed by atoms with E-state index < -0.39 is 0 Å². The Hall–Kier alpha value is -2.00. The molecule has 0 amide bonds. The number of hydrogen-bond donors (Lipinski definition) is 2. The SMILES string of the molecule is Oc1cccc(OCc2cccc3c2CNCC3)c1. The van der Waals surface area contributed by atoms with Gasteiger partial charge in [0.15, 0.2) is 0 Å². The first-order chi connectivity index (χ1) is 9.33. The Balaban J connectivity index is 1.77. The van der Waals surface area contributed by atoms with Gasteiger partial charge in [0.25, 0.3) is 0 Å². The summed E-state index contributed by atoms with van der Waals surface area (Å²) >= 11 is 0. The number of benzene rings is 2. The molecule has 2 aromatic rings. The molecule has 1 aliphatic heterocycles. The van der Waals surface area contributed by atoms with E-state index >= 15 is 0 Å². The van der Waals surface area contributed by atoms with Gasteiger partial charge < -0.3 is 15.2 Å². The maximum atomic E-state index is 9.41. The molecule has 19 heavy (non-hydrogen) atoms. The average molecular weight is 255 g/mol. The molecular formula is C16H17NO2. The fourth-order valence-corrected chi connectivity index (χ4v) is 2.46. The van der Waals surface area contributed by atoms with Crippen LogP contribution >= 0.6 is 0 Å². The Morgan fingerprint density at radius 2 is 2.05 bits per heavy atom. The predicted molar refractivity (Wildman–Crippen MR) is 74.3 cm³/mol. The minimum atomic E-state index is 0.231. The van der Waals surface area contributed by atoms with Gasteiger partial charge in [-0.15, -0.1) is 0 Å². The van der Waals surface area contributed by atoms with E-state index in [-0.39, 0.29) is 5.75 Å². The van der Waals surface area contributed by atoms with Crippen molar-refractivity contribution in [3.05, 3.63) is 59.2 Å². The first-order valence-corrected chi connectivity index (χ1v) is 6.55. The summed E-state index contributed by atoms with van der Waals surface area (Å²) in [6, 6.07) is 13.3. The summed E-state index contributed by atoms with van der Waals surface area (Å²) in [5.41, 5.74) is 3.98. The molecule has 0 spiro atoms. The zero-order valence-electron chi connectivity index (χ0n) is 10.7. The van der Waals surface area contributed by atoms with Gasteiger partial charge >= 0.3 is 0 Å². The van der Waals surface area contributed by atoms with E-state index in [0.717, 1.165) is 19.5 Å². The van der Waals surface area contributed by atoms with Crippen molar-refractivity contribution in [2.45, 2.75) is 19.6 Å². The normalized spacial score (nSPS) is 13.9. The number of fused-ring (bicyclic) bond motifs is 1. The molecule has 0 saturated carbocycles. The second-order valence-electron chi connectivity index (χ2n) is 4.77. The van der Waals surface area contributed by atoms with Crippen molar-refractivity contribution in [2.24, 2.45) is 0 Å². The van der Waals surface area contributed by atoms with Gasteiger partial charge in [-0.2, -0.15) is 0 Å². The van der Waals surface area contributed by atoms with Gasteiger partial charge in [0.1, 0.15) is 18.1 Å². The lowest BCUT2D eigenvalue weighted by Crippen LogP contribution is -2.25. The molecule has 0 bridgehead atoms. The Morgan fingerprint density at radius 1 is 1.16 bits per heavy atom. The van der Waals surface area contributed by atoms with Crippen LogP contribution in [0.2, 0.25) is 0 Å². The zero-order valence-corrected chi connectivity index (χ0v) is 10.7. The van der Waals surface area contributed by atoms with Crippen LogP contribution in [0.15, 0.2) is 42.5 Å². The number of rotatable bonds is 3. The van der Waals surface area contributed by atoms with Gasteiger partial charge in [0.05, 0.1) is 0 Å². The molecule has 0 saturated heterocycles. The third-order valence-electron chi connectivity index (χ3n) is 3.45. The van der Waals surface area contributed by atoms with Crippen LogP contribution in [0.3, 0.4) is 0 Å². The van der Waals surface area contributed by atoms with Crippen molar-refractivity contribution in [3.8, 4) is 11.5 Å². The number of nitrogens with one attached hydrogen (secondary N) is 1. The summed E-state index contributed by atoms with van der Waals surface area (Å²) < 4.78 is 5.75. The summed E-state index contributed by atoms with van der Waals surface area (Å²) in [5, 5.41) is 12.8. The maximum absolute atomic E-state index is 9.41. The molecule has 1 heterocycles. The molecule has 2 aromatic carbocycles. The highest BCUT2D eigenvalue weighted by Gasteiger charge is 2.12. The highest BCUT2D eigenvalue weighted by Crippen LogP contribution is 2.22. The van der Waals surface area contributed by atoms with Crippen LogP contribution in [0.4, 0.5) is 0 Å². The molecule has 0 unspecified atom stereocenters. The minimum absolute atomic E-state index is 0.231. The van der Waals surface area contributed by atoms with Gasteiger partial charge in [-0.1, -0.05) is 24.3 Å². The lowest BCUT2D eigenvalue weighted by molar-refractivity contribution is 0.302. The van der Waals surface area contributed by atoms with E-state index in [9.17, 15) is 5.11 Å². The molecule has 2 N–H and O–H groups in total. The third kappa shape index (κ3) is 2.71. The predicted octanol–water partition coefficient (Wildman–Crippen LogP) is 2.62. The maximum Gasteiger partial charge on any atom is 0.123 e. The van der Waals surface area contributed by atoms with E-state index in [1.165, 1.54) is 16.7 Å². The summed E-state index contributed by atoms with van der Waals surface area (Å²) in [6.07, 6.45) is 1.08. The van der Waals surface area contributed by atoms with Crippen LogP contribution in [0.1, 0.15) is 16.7 Å². The molecule has 3 heteroatoms. The topological polar surface area (TPSA) is 41.5 Å². The summed E-state index contributed by atoms with van der Waals surface area (Å²) in [5.74, 6) is 0.927. The Morgan fingerprint density at radius 3 is 2.95 bits per heavy atom. The molecular weight excluding hydrogens is 238 g/mol. The molecule has 3 rings (SSSR count). The lowest BCUT2D eigenvalue weighted by atomic mass is 9.96. The summed E-state index contributed by atoms with van der Waals surface area (Å²) in [7, 11) is 0. The first-order valence-electron chi connectivity index (χ1n) is 6.55. The first kappa shape index (κ1) is 12.1. The average Bonchev–Trinajstić information content (AvgIpc) is 2.45. The number of ether oxygens (including phenoxy) is 1. The van der Waals surface area contributed by atoms with Crippen LogP contribution in [0, 0.1) is 0 Å². The number of phenolic OH excluding ortho intramolecular Hbond substituents is 1. The fraction of sp³-hybridized carbons (Fsp3) is 0.250. The molecule has 0 radical (unpaired) electrons. The van der Waals surface area contributed by atoms with E-state index in [1.807, 2.05) is 6.07 Å². The quantitative estimate of drug-likeness (QED) is 0.886. The van der Waals surface area contributed by atoms with Crippen molar-refractivity contribution >= 4 is 0 Å². The van der Waals surface area contributed by atoms with Crippen molar-refractivity contribution in [2.75, 3.05) is 6.54 Å². The van der Waals surface area contributed by atoms with Crippen LogP contribution in [0.25, 0.3) is 0 Å². The highest BCUT2D eigenvalue weighted by atomic mass is 16.5. The summed E-state index contributed by atoms with van der Waals surface area (Å²) in [6.45, 7) is 2.49. The standard InChI is InChI=1S/C16H17NO2/c18-14-5-2-6-15(9-14)19-11-13-4-1-3-12-7-8-17-10-16(12)13/h1-6,9,17-18H,7-8,10-11H2. The monoisotopic (exact) mass is 255 g/mol. The fourth-order valence-electron chi connectivity index (χ4n) is 2.46. The van der Waals surface area contributed by atoms with Crippen molar-refractivity contribution in [1.29, 1.82) is 0 Å². The molecule has 1 aliphatic rings. The van der Waals surface area contributed by atoms with E-state index in [4.69, 9.17) is 4.74 Å². The van der Waals surface area contributed by atoms with Gasteiger partial charge in [-0.05, 0) is 41.8 Å². The van der Waals surface area contributed by atoms with Crippen LogP contribution in [-0.2, 0) is 19.6 Å². The van der Waals surface area contributed by atoms with Crippen LogP contribution in [0.5, 0.6) is 11.5 Å². The summed E-state index contributed by atoms with van der Waals surface area (Å²) in [4.78, 5) is 0. The van der Waals surface area contributed by atoms with E-state index in [2.05, 4.69) is 23.5 Å². The third-order valence-corrected chi connectivity index (χ3v) is 3.45. The Bertz CT molecular complexity index is 581. The Kier molecular flexibility index (Phi) is 3.38. The second kappa shape index (κ2) is 5.33. The van der Waals surface area contributed by atoms with Gasteiger partial charge in [-0.25, -0.2) is 0 Å². The Labute approximate surface area is 112 Å². The molecule has 0 aromatic heterocycles. The zero-order chi connectivity index (χ0) is 13.1. The minimum Gasteiger partial charge on any atom is -0.508 e. The molecule has 0 fully saturated rings. The number of phenols is 1. The highest BCUT2D eigenvalue weighted by molar-refractivity contribution is 5.37. The van der Waals surface area contributed by atoms with Gasteiger partial charge in [0, 0.05) is 12.6 Å². The van der Waals surface area contributed by atoms with E-state index in [0.29, 0.717) is 12.4 Å².